The van der Waals surface area contributed by atoms with Crippen molar-refractivity contribution in [1.82, 2.24) is 9.80 Å². The topological polar surface area (TPSA) is 158 Å². The van der Waals surface area contributed by atoms with Crippen LogP contribution in [0, 0.1) is 5.92 Å². The molecule has 3 unspecified atom stereocenters. The van der Waals surface area contributed by atoms with Gasteiger partial charge in [-0.1, -0.05) is 0 Å². The van der Waals surface area contributed by atoms with E-state index in [0.29, 0.717) is 82.1 Å². The Labute approximate surface area is 228 Å². The van der Waals surface area contributed by atoms with E-state index in [1.807, 2.05) is 11.9 Å². The number of amidine groups is 1. The summed E-state index contributed by atoms with van der Waals surface area (Å²) < 4.78 is 10.6. The van der Waals surface area contributed by atoms with Gasteiger partial charge in [-0.05, 0) is 63.9 Å². The Morgan fingerprint density at radius 1 is 1.21 bits per heavy atom. The van der Waals surface area contributed by atoms with Gasteiger partial charge in [0, 0.05) is 37.4 Å². The van der Waals surface area contributed by atoms with E-state index in [0.717, 1.165) is 0 Å². The molecule has 0 spiro atoms. The summed E-state index contributed by atoms with van der Waals surface area (Å²) in [6.07, 6.45) is 0.861. The second kappa shape index (κ2) is 12.3. The molecule has 3 aliphatic heterocycles. The van der Waals surface area contributed by atoms with Crippen LogP contribution in [-0.2, 0) is 19.1 Å². The number of piperidine rings is 2. The molecular weight excluding hydrogens is 506 g/mol. The van der Waals surface area contributed by atoms with Gasteiger partial charge in [-0.15, -0.1) is 0 Å². The van der Waals surface area contributed by atoms with Gasteiger partial charge >= 0.3 is 18.0 Å². The minimum atomic E-state index is -1.06. The maximum atomic E-state index is 12.6. The van der Waals surface area contributed by atoms with Crippen LogP contribution >= 0.6 is 0 Å². The summed E-state index contributed by atoms with van der Waals surface area (Å²) in [5, 5.41) is 20.1. The Morgan fingerprint density at radius 3 is 2.54 bits per heavy atom. The molecular formula is C27H39N5O7. The number of amides is 1. The van der Waals surface area contributed by atoms with Crippen LogP contribution in [0.2, 0.25) is 0 Å². The number of nitrogens with zero attached hydrogens (tertiary/aromatic N) is 4. The van der Waals surface area contributed by atoms with Gasteiger partial charge in [0.25, 0.3) is 0 Å². The number of esters is 1. The summed E-state index contributed by atoms with van der Waals surface area (Å²) in [6, 6.07) is 7.17. The number of rotatable bonds is 9. The monoisotopic (exact) mass is 545 g/mol. The van der Waals surface area contributed by atoms with E-state index >= 15 is 0 Å². The summed E-state index contributed by atoms with van der Waals surface area (Å²) in [7, 11) is 1.91. The molecule has 214 valence electrons. The first-order chi connectivity index (χ1) is 18.6. The zero-order valence-corrected chi connectivity index (χ0v) is 22.6. The number of aliphatic hydroxyl groups is 1. The number of likely N-dealkylation sites (tertiary alicyclic amines) is 2. The van der Waals surface area contributed by atoms with Gasteiger partial charge in [0.05, 0.1) is 31.1 Å². The van der Waals surface area contributed by atoms with E-state index in [1.54, 1.807) is 36.1 Å². The summed E-state index contributed by atoms with van der Waals surface area (Å²) in [5.74, 6) is -1.31. The highest BCUT2D eigenvalue weighted by Gasteiger charge is 2.38. The van der Waals surface area contributed by atoms with Gasteiger partial charge in [-0.25, -0.2) is 9.79 Å². The smallest absolute Gasteiger partial charge is 0.414 e. The number of hydrogen-bond acceptors (Lipinski definition) is 9. The van der Waals surface area contributed by atoms with Gasteiger partial charge in [-0.3, -0.25) is 24.3 Å². The van der Waals surface area contributed by atoms with Crippen molar-refractivity contribution in [2.75, 3.05) is 51.3 Å². The first-order valence-corrected chi connectivity index (χ1v) is 13.5. The Hall–Kier alpha value is -3.22. The molecule has 4 rings (SSSR count). The first-order valence-electron chi connectivity index (χ1n) is 13.5. The first kappa shape index (κ1) is 28.8. The summed E-state index contributed by atoms with van der Waals surface area (Å²) >= 11 is 0. The number of ether oxygens (including phenoxy) is 2. The fourth-order valence-electron chi connectivity index (χ4n) is 5.41. The highest BCUT2D eigenvalue weighted by molar-refractivity contribution is 5.98. The fourth-order valence-corrected chi connectivity index (χ4v) is 5.41. The quantitative estimate of drug-likeness (QED) is 0.234. The lowest BCUT2D eigenvalue weighted by Crippen LogP contribution is -2.48. The molecule has 4 N–H and O–H groups in total. The van der Waals surface area contributed by atoms with Gasteiger partial charge in [0.15, 0.2) is 0 Å². The van der Waals surface area contributed by atoms with Crippen LogP contribution < -0.4 is 10.6 Å². The number of hydrogen-bond donors (Lipinski definition) is 3. The standard InChI is InChI=1S/C27H39N5O7/c1-3-38-23(33)15-27(37)9-12-31(13-10-27)16-21-17-32(26(36)39-21)20-6-4-18(5-7-20)24(28)29-22-14-19(25(34)35)8-11-30(22)2/h4-7,19,21-22,37H,3,8-17H2,1-2H3,(H2,28,29)(H,34,35). The largest absolute Gasteiger partial charge is 0.481 e. The highest BCUT2D eigenvalue weighted by atomic mass is 16.6. The fraction of sp³-hybridized carbons (Fsp3) is 0.630. The number of carboxylic acids is 1. The third-order valence-corrected chi connectivity index (χ3v) is 7.85. The average Bonchev–Trinajstić information content (AvgIpc) is 3.26. The summed E-state index contributed by atoms with van der Waals surface area (Å²) in [4.78, 5) is 46.1. The van der Waals surface area contributed by atoms with Crippen molar-refractivity contribution >= 4 is 29.6 Å². The van der Waals surface area contributed by atoms with Crippen molar-refractivity contribution in [2.24, 2.45) is 16.6 Å². The molecule has 12 nitrogen and oxygen atoms in total. The van der Waals surface area contributed by atoms with Crippen LogP contribution in [0.4, 0.5) is 10.5 Å². The van der Waals surface area contributed by atoms with E-state index < -0.39 is 23.6 Å². The predicted molar refractivity (Wildman–Crippen MR) is 143 cm³/mol. The van der Waals surface area contributed by atoms with E-state index in [4.69, 9.17) is 15.2 Å². The van der Waals surface area contributed by atoms with E-state index in [2.05, 4.69) is 9.89 Å². The maximum Gasteiger partial charge on any atom is 0.414 e. The zero-order valence-electron chi connectivity index (χ0n) is 22.6. The molecule has 1 amide bonds. The molecule has 3 aliphatic rings. The lowest BCUT2D eigenvalue weighted by atomic mass is 9.88. The van der Waals surface area contributed by atoms with Crippen LogP contribution in [0.1, 0.15) is 44.6 Å². The minimum Gasteiger partial charge on any atom is -0.481 e. The van der Waals surface area contributed by atoms with Crippen molar-refractivity contribution in [3.05, 3.63) is 29.8 Å². The van der Waals surface area contributed by atoms with Gasteiger partial charge in [0.2, 0.25) is 0 Å². The molecule has 0 radical (unpaired) electrons. The van der Waals surface area contributed by atoms with Crippen molar-refractivity contribution < 1.29 is 34.1 Å². The van der Waals surface area contributed by atoms with Crippen molar-refractivity contribution in [2.45, 2.75) is 56.9 Å². The molecule has 0 bridgehead atoms. The SMILES string of the molecule is CCOC(=O)CC1(O)CCN(CC2CN(c3ccc(C(N)=NC4CC(C(=O)O)CCN4C)cc3)C(=O)O2)CC1. The molecule has 3 atom stereocenters. The molecule has 1 aromatic rings. The molecule has 0 aromatic heterocycles. The Kier molecular flexibility index (Phi) is 9.08. The number of aliphatic imine (C=N–C) groups is 1. The summed E-state index contributed by atoms with van der Waals surface area (Å²) in [6.45, 7) is 4.81. The Bertz CT molecular complexity index is 1070. The molecule has 0 aliphatic carbocycles. The lowest BCUT2D eigenvalue weighted by molar-refractivity contribution is -0.151. The predicted octanol–water partition coefficient (Wildman–Crippen LogP) is 1.25. The van der Waals surface area contributed by atoms with Crippen LogP contribution in [0.25, 0.3) is 0 Å². The second-order valence-electron chi connectivity index (χ2n) is 10.7. The maximum absolute atomic E-state index is 12.6. The van der Waals surface area contributed by atoms with Crippen molar-refractivity contribution in [3.63, 3.8) is 0 Å². The number of cyclic esters (lactones) is 1. The van der Waals surface area contributed by atoms with Crippen molar-refractivity contribution in [3.8, 4) is 0 Å². The number of nitrogens with two attached hydrogens (primary N) is 1. The number of carbonyl (C=O) groups is 3. The zero-order chi connectivity index (χ0) is 28.2. The number of carboxylic acid groups (broad SMARTS) is 1. The van der Waals surface area contributed by atoms with Crippen LogP contribution in [-0.4, -0.2) is 108 Å². The lowest BCUT2D eigenvalue weighted by Gasteiger charge is -2.38. The van der Waals surface area contributed by atoms with Crippen LogP contribution in [0.3, 0.4) is 0 Å². The number of anilines is 1. The molecule has 0 saturated carbocycles. The second-order valence-corrected chi connectivity index (χ2v) is 10.7. The van der Waals surface area contributed by atoms with Gasteiger partial charge < -0.3 is 25.4 Å². The number of aliphatic carboxylic acids is 1. The third kappa shape index (κ3) is 7.25. The van der Waals surface area contributed by atoms with Crippen molar-refractivity contribution in [1.29, 1.82) is 0 Å². The molecule has 1 aromatic carbocycles. The average molecular weight is 546 g/mol. The van der Waals surface area contributed by atoms with Gasteiger partial charge in [0.1, 0.15) is 18.1 Å². The molecule has 3 fully saturated rings. The number of benzene rings is 1. The van der Waals surface area contributed by atoms with E-state index in [9.17, 15) is 24.6 Å². The third-order valence-electron chi connectivity index (χ3n) is 7.85. The van der Waals surface area contributed by atoms with E-state index in [-0.39, 0.29) is 24.7 Å². The van der Waals surface area contributed by atoms with E-state index in [1.165, 1.54) is 0 Å². The Morgan fingerprint density at radius 2 is 1.90 bits per heavy atom. The van der Waals surface area contributed by atoms with Crippen LogP contribution in [0.15, 0.2) is 29.3 Å². The normalized spacial score (nSPS) is 26.3. The molecule has 3 heterocycles. The molecule has 12 heteroatoms. The summed E-state index contributed by atoms with van der Waals surface area (Å²) in [5.41, 5.74) is 6.57. The van der Waals surface area contributed by atoms with Gasteiger partial charge in [-0.2, -0.15) is 0 Å². The Balaban J connectivity index is 1.30. The van der Waals surface area contributed by atoms with Crippen LogP contribution in [0.5, 0.6) is 0 Å². The highest BCUT2D eigenvalue weighted by Crippen LogP contribution is 2.28. The molecule has 39 heavy (non-hydrogen) atoms. The number of carbonyl (C=O) groups excluding carboxylic acids is 2. The minimum absolute atomic E-state index is 0.00764. The molecule has 3 saturated heterocycles.